The molecule has 0 spiro atoms. The summed E-state index contributed by atoms with van der Waals surface area (Å²) in [6.07, 6.45) is 0. The highest BCUT2D eigenvalue weighted by Crippen LogP contribution is 2.19. The van der Waals surface area contributed by atoms with Crippen LogP contribution in [-0.2, 0) is 4.74 Å². The number of esters is 1. The first kappa shape index (κ1) is 11.6. The van der Waals surface area contributed by atoms with Gasteiger partial charge in [0.05, 0.1) is 11.6 Å². The SMILES string of the molecule is COC(=O)c1nc(C(=O)O)c(C)cc1Br. The van der Waals surface area contributed by atoms with Gasteiger partial charge < -0.3 is 9.84 Å². The molecule has 1 N–H and O–H groups in total. The quantitative estimate of drug-likeness (QED) is 0.829. The molecule has 80 valence electrons. The van der Waals surface area contributed by atoms with Crippen LogP contribution in [0.1, 0.15) is 26.5 Å². The standard InChI is InChI=1S/C9H8BrNO4/c1-4-3-5(10)7(9(14)15-2)11-6(4)8(12)13/h3H,1-2H3,(H,12,13). The Balaban J connectivity index is 3.36. The van der Waals surface area contributed by atoms with Crippen LogP contribution in [-0.4, -0.2) is 29.1 Å². The van der Waals surface area contributed by atoms with E-state index in [4.69, 9.17) is 5.11 Å². The monoisotopic (exact) mass is 273 g/mol. The summed E-state index contributed by atoms with van der Waals surface area (Å²) in [4.78, 5) is 25.7. The topological polar surface area (TPSA) is 76.5 Å². The number of hydrogen-bond donors (Lipinski definition) is 1. The summed E-state index contributed by atoms with van der Waals surface area (Å²) in [6, 6.07) is 1.52. The number of carboxylic acids is 1. The molecular formula is C9H8BrNO4. The highest BCUT2D eigenvalue weighted by molar-refractivity contribution is 9.10. The Bertz CT molecular complexity index is 430. The van der Waals surface area contributed by atoms with Gasteiger partial charge in [0.25, 0.3) is 0 Å². The van der Waals surface area contributed by atoms with Gasteiger partial charge in [-0.15, -0.1) is 0 Å². The zero-order valence-corrected chi connectivity index (χ0v) is 9.66. The zero-order valence-electron chi connectivity index (χ0n) is 8.07. The predicted octanol–water partition coefficient (Wildman–Crippen LogP) is 1.64. The van der Waals surface area contributed by atoms with Gasteiger partial charge in [-0.1, -0.05) is 0 Å². The summed E-state index contributed by atoms with van der Waals surface area (Å²) in [5.74, 6) is -1.85. The number of halogens is 1. The molecule has 0 aliphatic rings. The van der Waals surface area contributed by atoms with E-state index in [0.717, 1.165) is 0 Å². The fourth-order valence-electron chi connectivity index (χ4n) is 1.04. The molecule has 0 aromatic carbocycles. The van der Waals surface area contributed by atoms with Crippen molar-refractivity contribution in [2.24, 2.45) is 0 Å². The van der Waals surface area contributed by atoms with Gasteiger partial charge in [-0.25, -0.2) is 14.6 Å². The summed E-state index contributed by atoms with van der Waals surface area (Å²) in [5, 5.41) is 8.81. The van der Waals surface area contributed by atoms with Gasteiger partial charge >= 0.3 is 11.9 Å². The molecule has 1 heterocycles. The molecule has 0 saturated heterocycles. The average Bonchev–Trinajstić information content (AvgIpc) is 2.16. The Morgan fingerprint density at radius 1 is 1.47 bits per heavy atom. The summed E-state index contributed by atoms with van der Waals surface area (Å²) in [6.45, 7) is 1.60. The molecule has 0 aliphatic heterocycles. The minimum absolute atomic E-state index is 0.0412. The summed E-state index contributed by atoms with van der Waals surface area (Å²) in [5.41, 5.74) is 0.279. The summed E-state index contributed by atoms with van der Waals surface area (Å²) < 4.78 is 4.88. The number of hydrogen-bond acceptors (Lipinski definition) is 4. The molecule has 1 aromatic heterocycles. The van der Waals surface area contributed by atoms with Gasteiger partial charge in [0, 0.05) is 0 Å². The van der Waals surface area contributed by atoms with Crippen LogP contribution in [0.5, 0.6) is 0 Å². The molecule has 1 aromatic rings. The van der Waals surface area contributed by atoms with Crippen molar-refractivity contribution in [1.29, 1.82) is 0 Å². The van der Waals surface area contributed by atoms with Gasteiger partial charge in [-0.2, -0.15) is 0 Å². The van der Waals surface area contributed by atoms with Crippen molar-refractivity contribution in [3.8, 4) is 0 Å². The average molecular weight is 274 g/mol. The smallest absolute Gasteiger partial charge is 0.357 e. The number of carbonyl (C=O) groups excluding carboxylic acids is 1. The number of pyridine rings is 1. The highest BCUT2D eigenvalue weighted by atomic mass is 79.9. The van der Waals surface area contributed by atoms with Crippen LogP contribution in [0.2, 0.25) is 0 Å². The maximum absolute atomic E-state index is 11.2. The van der Waals surface area contributed by atoms with Crippen LogP contribution in [0.15, 0.2) is 10.5 Å². The number of ether oxygens (including phenoxy) is 1. The van der Waals surface area contributed by atoms with E-state index < -0.39 is 11.9 Å². The van der Waals surface area contributed by atoms with Gasteiger partial charge in [0.15, 0.2) is 11.4 Å². The fraction of sp³-hybridized carbons (Fsp3) is 0.222. The lowest BCUT2D eigenvalue weighted by atomic mass is 10.2. The molecule has 15 heavy (non-hydrogen) atoms. The van der Waals surface area contributed by atoms with Crippen LogP contribution >= 0.6 is 15.9 Å². The second kappa shape index (κ2) is 4.39. The van der Waals surface area contributed by atoms with Gasteiger partial charge in [-0.05, 0) is 34.5 Å². The first-order valence-electron chi connectivity index (χ1n) is 3.96. The number of aryl methyl sites for hydroxylation is 1. The fourth-order valence-corrected chi connectivity index (χ4v) is 1.63. The number of carbonyl (C=O) groups is 2. The minimum Gasteiger partial charge on any atom is -0.477 e. The van der Waals surface area contributed by atoms with Crippen molar-refractivity contribution in [2.75, 3.05) is 7.11 Å². The van der Waals surface area contributed by atoms with E-state index in [9.17, 15) is 9.59 Å². The summed E-state index contributed by atoms with van der Waals surface area (Å²) >= 11 is 3.12. The largest absolute Gasteiger partial charge is 0.477 e. The van der Waals surface area contributed by atoms with Crippen LogP contribution < -0.4 is 0 Å². The molecular weight excluding hydrogens is 266 g/mol. The van der Waals surface area contributed by atoms with E-state index >= 15 is 0 Å². The first-order chi connectivity index (χ1) is 6.97. The van der Waals surface area contributed by atoms with Crippen molar-refractivity contribution >= 4 is 27.9 Å². The highest BCUT2D eigenvalue weighted by Gasteiger charge is 2.18. The third kappa shape index (κ3) is 2.33. The van der Waals surface area contributed by atoms with Crippen LogP contribution in [0.4, 0.5) is 0 Å². The number of methoxy groups -OCH3 is 1. The predicted molar refractivity (Wildman–Crippen MR) is 55.0 cm³/mol. The normalized spacial score (nSPS) is 9.80. The van der Waals surface area contributed by atoms with Gasteiger partial charge in [0.1, 0.15) is 0 Å². The van der Waals surface area contributed by atoms with Crippen LogP contribution in [0, 0.1) is 6.92 Å². The molecule has 0 radical (unpaired) electrons. The molecule has 0 bridgehead atoms. The number of nitrogens with zero attached hydrogens (tertiary/aromatic N) is 1. The molecule has 0 fully saturated rings. The van der Waals surface area contributed by atoms with Crippen LogP contribution in [0.25, 0.3) is 0 Å². The van der Waals surface area contributed by atoms with E-state index in [1.54, 1.807) is 6.92 Å². The van der Waals surface area contributed by atoms with Crippen molar-refractivity contribution in [2.45, 2.75) is 6.92 Å². The Morgan fingerprint density at radius 3 is 2.53 bits per heavy atom. The van der Waals surface area contributed by atoms with E-state index in [1.807, 2.05) is 0 Å². The maximum atomic E-state index is 11.2. The number of aromatic carboxylic acids is 1. The molecule has 1 rings (SSSR count). The Morgan fingerprint density at radius 2 is 2.07 bits per heavy atom. The second-order valence-electron chi connectivity index (χ2n) is 2.78. The van der Waals surface area contributed by atoms with E-state index in [-0.39, 0.29) is 11.4 Å². The Hall–Kier alpha value is -1.43. The first-order valence-corrected chi connectivity index (χ1v) is 4.75. The second-order valence-corrected chi connectivity index (χ2v) is 3.64. The molecule has 0 saturated carbocycles. The number of carboxylic acid groups (broad SMARTS) is 1. The molecule has 0 atom stereocenters. The molecule has 0 aliphatic carbocycles. The van der Waals surface area contributed by atoms with Crippen molar-refractivity contribution < 1.29 is 19.4 Å². The van der Waals surface area contributed by atoms with Gasteiger partial charge in [-0.3, -0.25) is 0 Å². The Kier molecular flexibility index (Phi) is 3.41. The molecule has 0 amide bonds. The lowest BCUT2D eigenvalue weighted by Crippen LogP contribution is -2.11. The van der Waals surface area contributed by atoms with Crippen molar-refractivity contribution in [3.63, 3.8) is 0 Å². The third-order valence-corrected chi connectivity index (χ3v) is 2.35. The zero-order chi connectivity index (χ0) is 11.6. The van der Waals surface area contributed by atoms with Crippen molar-refractivity contribution in [1.82, 2.24) is 4.98 Å². The molecule has 0 unspecified atom stereocenters. The number of rotatable bonds is 2. The molecule has 5 nitrogen and oxygen atoms in total. The summed E-state index contributed by atoms with van der Waals surface area (Å²) in [7, 11) is 1.21. The number of aromatic nitrogens is 1. The lowest BCUT2D eigenvalue weighted by Gasteiger charge is -2.05. The van der Waals surface area contributed by atoms with Gasteiger partial charge in [0.2, 0.25) is 0 Å². The molecule has 6 heteroatoms. The van der Waals surface area contributed by atoms with Crippen molar-refractivity contribution in [3.05, 3.63) is 27.5 Å². The lowest BCUT2D eigenvalue weighted by molar-refractivity contribution is 0.0592. The van der Waals surface area contributed by atoms with Crippen LogP contribution in [0.3, 0.4) is 0 Å². The van der Waals surface area contributed by atoms with E-state index in [0.29, 0.717) is 10.0 Å². The minimum atomic E-state index is -1.18. The van der Waals surface area contributed by atoms with E-state index in [2.05, 4.69) is 25.7 Å². The maximum Gasteiger partial charge on any atom is 0.357 e. The van der Waals surface area contributed by atoms with E-state index in [1.165, 1.54) is 13.2 Å². The third-order valence-electron chi connectivity index (χ3n) is 1.75. The Labute approximate surface area is 94.2 Å².